The van der Waals surface area contributed by atoms with Gasteiger partial charge in [0.2, 0.25) is 0 Å². The first-order valence-corrected chi connectivity index (χ1v) is 12.4. The number of anilines is 1. The second-order valence-corrected chi connectivity index (χ2v) is 10.1. The third-order valence-electron chi connectivity index (χ3n) is 7.79. The molecular weight excluding hydrogens is 462 g/mol. The van der Waals surface area contributed by atoms with Gasteiger partial charge < -0.3 is 15.3 Å². The third kappa shape index (κ3) is 3.38. The molecule has 2 atom stereocenters. The Kier molecular flexibility index (Phi) is 5.26. The summed E-state index contributed by atoms with van der Waals surface area (Å²) in [6.07, 6.45) is 2.55. The summed E-state index contributed by atoms with van der Waals surface area (Å²) >= 11 is 0. The zero-order chi connectivity index (χ0) is 25.3. The molecular formula is C28H28F2N4O2. The van der Waals surface area contributed by atoms with E-state index in [2.05, 4.69) is 15.2 Å². The summed E-state index contributed by atoms with van der Waals surface area (Å²) in [6, 6.07) is 8.52. The summed E-state index contributed by atoms with van der Waals surface area (Å²) in [5.74, 6) is -0.487. The lowest BCUT2D eigenvalue weighted by molar-refractivity contribution is 0.463. The first-order chi connectivity index (χ1) is 17.3. The highest BCUT2D eigenvalue weighted by molar-refractivity contribution is 6.04. The van der Waals surface area contributed by atoms with Gasteiger partial charge in [0.05, 0.1) is 5.52 Å². The van der Waals surface area contributed by atoms with E-state index in [9.17, 15) is 14.3 Å². The van der Waals surface area contributed by atoms with Crippen LogP contribution in [-0.4, -0.2) is 39.8 Å². The van der Waals surface area contributed by atoms with Gasteiger partial charge in [-0.3, -0.25) is 4.57 Å². The molecule has 3 heterocycles. The highest BCUT2D eigenvalue weighted by atomic mass is 19.1. The highest BCUT2D eigenvalue weighted by Crippen LogP contribution is 2.41. The standard InChI is InChI=1S/C28H28F2N4O2/c1-4-19-22(29)8-5-15-10-18(35)11-20(24(15)19)23-14(2)9-21-26(25(23)30)33(3)28(36)32-27(21)34-12-16-6-7-17(13-34)31-16/h5,8-11,16-17,31,35H,4,6-7,12-13H2,1-3H3. The molecule has 2 saturated heterocycles. The fourth-order valence-corrected chi connectivity index (χ4v) is 6.17. The van der Waals surface area contributed by atoms with Crippen molar-refractivity contribution in [2.45, 2.75) is 45.2 Å². The Balaban J connectivity index is 1.66. The monoisotopic (exact) mass is 490 g/mol. The molecule has 1 aromatic heterocycles. The fraction of sp³-hybridized carbons (Fsp3) is 0.357. The first kappa shape index (κ1) is 22.9. The van der Waals surface area contributed by atoms with E-state index in [-0.39, 0.29) is 22.6 Å². The molecule has 0 aliphatic carbocycles. The smallest absolute Gasteiger partial charge is 0.349 e. The molecule has 2 fully saturated rings. The van der Waals surface area contributed by atoms with Gasteiger partial charge in [-0.15, -0.1) is 0 Å². The molecule has 186 valence electrons. The number of halogens is 2. The minimum Gasteiger partial charge on any atom is -0.508 e. The van der Waals surface area contributed by atoms with Crippen LogP contribution in [0.2, 0.25) is 0 Å². The number of fused-ring (bicyclic) bond motifs is 4. The van der Waals surface area contributed by atoms with E-state index < -0.39 is 11.5 Å². The van der Waals surface area contributed by atoms with Gasteiger partial charge in [0.15, 0.2) is 5.82 Å². The molecule has 0 saturated carbocycles. The van der Waals surface area contributed by atoms with Crippen molar-refractivity contribution in [3.8, 4) is 16.9 Å². The zero-order valence-electron chi connectivity index (χ0n) is 20.5. The lowest BCUT2D eigenvalue weighted by Gasteiger charge is -2.34. The number of aryl methyl sites for hydroxylation is 3. The zero-order valence-corrected chi connectivity index (χ0v) is 20.5. The SMILES string of the molecule is CCc1c(F)ccc2cc(O)cc(-c3c(C)cc4c(N5CC6CCC(C5)N6)nc(=O)n(C)c4c3F)c12. The van der Waals surface area contributed by atoms with Crippen molar-refractivity contribution in [1.82, 2.24) is 14.9 Å². The Bertz CT molecular complexity index is 1600. The van der Waals surface area contributed by atoms with Gasteiger partial charge in [-0.05, 0) is 77.9 Å². The molecule has 36 heavy (non-hydrogen) atoms. The van der Waals surface area contributed by atoms with Crippen LogP contribution in [0.5, 0.6) is 5.75 Å². The van der Waals surface area contributed by atoms with Crippen LogP contribution in [0.15, 0.2) is 35.1 Å². The average molecular weight is 491 g/mol. The van der Waals surface area contributed by atoms with Crippen LogP contribution in [0.25, 0.3) is 32.8 Å². The Morgan fingerprint density at radius 1 is 1.14 bits per heavy atom. The lowest BCUT2D eigenvalue weighted by Crippen LogP contribution is -2.51. The van der Waals surface area contributed by atoms with Crippen molar-refractivity contribution in [2.24, 2.45) is 7.05 Å². The number of piperazine rings is 1. The van der Waals surface area contributed by atoms with Gasteiger partial charge in [-0.25, -0.2) is 13.6 Å². The van der Waals surface area contributed by atoms with Crippen molar-refractivity contribution in [1.29, 1.82) is 0 Å². The third-order valence-corrected chi connectivity index (χ3v) is 7.79. The van der Waals surface area contributed by atoms with E-state index in [1.807, 2.05) is 13.0 Å². The second-order valence-electron chi connectivity index (χ2n) is 10.1. The number of aromatic hydroxyl groups is 1. The molecule has 4 aromatic rings. The Morgan fingerprint density at radius 2 is 1.86 bits per heavy atom. The molecule has 6 nitrogen and oxygen atoms in total. The summed E-state index contributed by atoms with van der Waals surface area (Å²) in [7, 11) is 1.52. The number of nitrogens with one attached hydrogen (secondary N) is 1. The topological polar surface area (TPSA) is 70.4 Å². The largest absolute Gasteiger partial charge is 0.508 e. The van der Waals surface area contributed by atoms with E-state index in [4.69, 9.17) is 0 Å². The molecule has 2 aliphatic heterocycles. The van der Waals surface area contributed by atoms with Crippen molar-refractivity contribution in [3.63, 3.8) is 0 Å². The van der Waals surface area contributed by atoms with E-state index >= 15 is 4.39 Å². The fourth-order valence-electron chi connectivity index (χ4n) is 6.17. The maximum atomic E-state index is 16.6. The number of phenols is 1. The molecule has 0 radical (unpaired) electrons. The van der Waals surface area contributed by atoms with Crippen LogP contribution in [-0.2, 0) is 13.5 Å². The van der Waals surface area contributed by atoms with Gasteiger partial charge in [-0.2, -0.15) is 4.98 Å². The number of hydrogen-bond acceptors (Lipinski definition) is 5. The maximum absolute atomic E-state index is 16.6. The minimum absolute atomic E-state index is 0.0364. The van der Waals surface area contributed by atoms with Crippen LogP contribution in [0.4, 0.5) is 14.6 Å². The van der Waals surface area contributed by atoms with Gasteiger partial charge in [-0.1, -0.05) is 13.0 Å². The van der Waals surface area contributed by atoms with E-state index in [0.29, 0.717) is 70.3 Å². The van der Waals surface area contributed by atoms with Crippen LogP contribution < -0.4 is 15.9 Å². The van der Waals surface area contributed by atoms with Crippen LogP contribution in [0, 0.1) is 18.6 Å². The number of rotatable bonds is 3. The summed E-state index contributed by atoms with van der Waals surface area (Å²) in [6.45, 7) is 5.07. The van der Waals surface area contributed by atoms with Crippen LogP contribution in [0.3, 0.4) is 0 Å². The Labute approximate surface area is 207 Å². The maximum Gasteiger partial charge on any atom is 0.349 e. The quantitative estimate of drug-likeness (QED) is 0.441. The molecule has 0 amide bonds. The van der Waals surface area contributed by atoms with Crippen LogP contribution >= 0.6 is 0 Å². The predicted octanol–water partition coefficient (Wildman–Crippen LogP) is 4.55. The van der Waals surface area contributed by atoms with E-state index in [1.165, 1.54) is 23.7 Å². The number of nitrogens with zero attached hydrogens (tertiary/aromatic N) is 3. The lowest BCUT2D eigenvalue weighted by atomic mass is 9.89. The molecule has 2 N–H and O–H groups in total. The van der Waals surface area contributed by atoms with Crippen molar-refractivity contribution >= 4 is 27.5 Å². The molecule has 2 unspecified atom stereocenters. The molecule has 0 spiro atoms. The van der Waals surface area contributed by atoms with E-state index in [1.54, 1.807) is 19.1 Å². The number of hydrogen-bond donors (Lipinski definition) is 2. The summed E-state index contributed by atoms with van der Waals surface area (Å²) in [5.41, 5.74) is 1.36. The number of benzene rings is 3. The molecule has 8 heteroatoms. The second kappa shape index (κ2) is 8.27. The summed E-state index contributed by atoms with van der Waals surface area (Å²) in [4.78, 5) is 19.4. The van der Waals surface area contributed by atoms with Crippen molar-refractivity contribution in [2.75, 3.05) is 18.0 Å². The Hall–Kier alpha value is -3.52. The molecule has 3 aromatic carbocycles. The average Bonchev–Trinajstić information content (AvgIpc) is 3.18. The minimum atomic E-state index is -0.579. The molecule has 6 rings (SSSR count). The van der Waals surface area contributed by atoms with Gasteiger partial charge in [0.1, 0.15) is 17.4 Å². The first-order valence-electron chi connectivity index (χ1n) is 12.4. The van der Waals surface area contributed by atoms with Crippen molar-refractivity contribution in [3.05, 3.63) is 63.6 Å². The molecule has 2 bridgehead atoms. The van der Waals surface area contributed by atoms with Gasteiger partial charge >= 0.3 is 5.69 Å². The van der Waals surface area contributed by atoms with Crippen molar-refractivity contribution < 1.29 is 13.9 Å². The van der Waals surface area contributed by atoms with Crippen LogP contribution in [0.1, 0.15) is 30.9 Å². The number of aromatic nitrogens is 2. The van der Waals surface area contributed by atoms with E-state index in [0.717, 1.165) is 12.8 Å². The van der Waals surface area contributed by atoms with Gasteiger partial charge in [0.25, 0.3) is 0 Å². The highest BCUT2D eigenvalue weighted by Gasteiger charge is 2.34. The predicted molar refractivity (Wildman–Crippen MR) is 138 cm³/mol. The summed E-state index contributed by atoms with van der Waals surface area (Å²) in [5, 5.41) is 15.8. The number of phenolic OH excluding ortho intramolecular Hbond substituents is 1. The summed E-state index contributed by atoms with van der Waals surface area (Å²) < 4.78 is 32.6. The molecule has 2 aliphatic rings. The van der Waals surface area contributed by atoms with Gasteiger partial charge in [0, 0.05) is 43.2 Å². The normalized spacial score (nSPS) is 19.5. The Morgan fingerprint density at radius 3 is 2.56 bits per heavy atom.